The molecule has 0 fully saturated rings. The SMILES string of the molecule is C[Si](C)(C)c1c2ccccc2[c]c2ccccc12.[Cl-].[Zn]. The zero-order valence-electron chi connectivity index (χ0n) is 12.2. The molecule has 0 aliphatic carbocycles. The minimum atomic E-state index is -1.38. The summed E-state index contributed by atoms with van der Waals surface area (Å²) < 4.78 is 0. The van der Waals surface area contributed by atoms with Crippen LogP contribution in [0.3, 0.4) is 0 Å². The third-order valence-electron chi connectivity index (χ3n) is 3.41. The zero-order chi connectivity index (χ0) is 12.8. The zero-order valence-corrected chi connectivity index (χ0v) is 16.9. The fourth-order valence-corrected chi connectivity index (χ4v) is 4.77. The van der Waals surface area contributed by atoms with Crippen molar-refractivity contribution in [2.24, 2.45) is 0 Å². The van der Waals surface area contributed by atoms with E-state index in [2.05, 4.69) is 74.2 Å². The molecule has 3 heteroatoms. The fourth-order valence-electron chi connectivity index (χ4n) is 2.72. The van der Waals surface area contributed by atoms with Crippen LogP contribution in [0.1, 0.15) is 0 Å². The van der Waals surface area contributed by atoms with Crippen LogP contribution in [0.4, 0.5) is 0 Å². The molecule has 0 spiro atoms. The Hall–Kier alpha value is -0.690. The van der Waals surface area contributed by atoms with E-state index in [9.17, 15) is 0 Å². The molecule has 3 aromatic rings. The van der Waals surface area contributed by atoms with Crippen molar-refractivity contribution in [2.45, 2.75) is 19.6 Å². The third kappa shape index (κ3) is 2.98. The first-order valence-electron chi connectivity index (χ1n) is 6.40. The van der Waals surface area contributed by atoms with Crippen molar-refractivity contribution in [2.75, 3.05) is 0 Å². The molecule has 0 heterocycles. The van der Waals surface area contributed by atoms with Crippen LogP contribution in [0, 0.1) is 6.07 Å². The molecule has 0 aliphatic rings. The molecule has 0 unspecified atom stereocenters. The Morgan fingerprint density at radius 3 is 1.55 bits per heavy atom. The summed E-state index contributed by atoms with van der Waals surface area (Å²) in [5.74, 6) is 0. The van der Waals surface area contributed by atoms with Gasteiger partial charge in [-0.05, 0) is 32.8 Å². The largest absolute Gasteiger partial charge is 1.00 e. The first-order valence-corrected chi connectivity index (χ1v) is 9.90. The monoisotopic (exact) mass is 348 g/mol. The van der Waals surface area contributed by atoms with Crippen molar-refractivity contribution in [1.29, 1.82) is 0 Å². The molecule has 99 valence electrons. The quantitative estimate of drug-likeness (QED) is 0.459. The maximum atomic E-state index is 3.54. The van der Waals surface area contributed by atoms with Crippen molar-refractivity contribution >= 4 is 34.8 Å². The predicted octanol–water partition coefficient (Wildman–Crippen LogP) is 1.34. The van der Waals surface area contributed by atoms with Crippen molar-refractivity contribution < 1.29 is 31.9 Å². The van der Waals surface area contributed by atoms with Gasteiger partial charge in [-0.1, -0.05) is 68.2 Å². The second-order valence-corrected chi connectivity index (χ2v) is 10.8. The summed E-state index contributed by atoms with van der Waals surface area (Å²) in [5, 5.41) is 6.82. The van der Waals surface area contributed by atoms with E-state index >= 15 is 0 Å². The van der Waals surface area contributed by atoms with Crippen molar-refractivity contribution in [3.05, 3.63) is 54.6 Å². The molecule has 0 nitrogen and oxygen atoms in total. The first kappa shape index (κ1) is 17.4. The summed E-state index contributed by atoms with van der Waals surface area (Å²) >= 11 is 0. The van der Waals surface area contributed by atoms with Gasteiger partial charge in [-0.2, -0.15) is 0 Å². The van der Waals surface area contributed by atoms with Crippen molar-refractivity contribution in [1.82, 2.24) is 0 Å². The second kappa shape index (κ2) is 6.39. The van der Waals surface area contributed by atoms with Gasteiger partial charge in [0.2, 0.25) is 0 Å². The standard InChI is InChI=1S/C17H17Si.ClH.Zn/c1-18(2,3)17-15-10-6-4-8-13(15)12-14-9-5-7-11-16(14)17;;/h4-11H,1-3H3;1H;/p-1. The number of benzene rings is 3. The molecule has 0 aliphatic heterocycles. The van der Waals surface area contributed by atoms with Crippen LogP contribution in [0.25, 0.3) is 21.5 Å². The Morgan fingerprint density at radius 2 is 1.15 bits per heavy atom. The van der Waals surface area contributed by atoms with E-state index in [1.165, 1.54) is 21.5 Å². The molecule has 0 saturated carbocycles. The normalized spacial score (nSPS) is 10.9. The van der Waals surface area contributed by atoms with Crippen LogP contribution in [-0.2, 0) is 19.5 Å². The first-order chi connectivity index (χ1) is 8.57. The van der Waals surface area contributed by atoms with Gasteiger partial charge in [0.05, 0.1) is 8.07 Å². The topological polar surface area (TPSA) is 0 Å². The van der Waals surface area contributed by atoms with Crippen LogP contribution in [0.15, 0.2) is 48.5 Å². The molecule has 0 atom stereocenters. The number of halogens is 1. The Morgan fingerprint density at radius 1 is 0.750 bits per heavy atom. The summed E-state index contributed by atoms with van der Waals surface area (Å²) in [5.41, 5.74) is 0. The number of fused-ring (bicyclic) bond motifs is 2. The van der Waals surface area contributed by atoms with E-state index in [4.69, 9.17) is 0 Å². The minimum absolute atomic E-state index is 0. The second-order valence-electron chi connectivity index (χ2n) is 5.84. The van der Waals surface area contributed by atoms with E-state index in [1.54, 1.807) is 5.19 Å². The predicted molar refractivity (Wildman–Crippen MR) is 83.3 cm³/mol. The van der Waals surface area contributed by atoms with E-state index in [-0.39, 0.29) is 31.9 Å². The van der Waals surface area contributed by atoms with Gasteiger partial charge in [0.15, 0.2) is 0 Å². The summed E-state index contributed by atoms with van der Waals surface area (Å²) in [6.45, 7) is 7.25. The maximum absolute atomic E-state index is 3.54. The number of rotatable bonds is 1. The van der Waals surface area contributed by atoms with Crippen LogP contribution in [-0.4, -0.2) is 8.07 Å². The van der Waals surface area contributed by atoms with Gasteiger partial charge in [0, 0.05) is 19.5 Å². The smallest absolute Gasteiger partial charge is 0.0792 e. The van der Waals surface area contributed by atoms with Gasteiger partial charge in [0.1, 0.15) is 0 Å². The maximum Gasteiger partial charge on any atom is 0.0792 e. The molecule has 3 aromatic carbocycles. The van der Waals surface area contributed by atoms with Gasteiger partial charge in [0.25, 0.3) is 0 Å². The Balaban J connectivity index is 0.000001000. The molecule has 0 aromatic heterocycles. The van der Waals surface area contributed by atoms with E-state index < -0.39 is 8.07 Å². The van der Waals surface area contributed by atoms with E-state index in [1.807, 2.05) is 0 Å². The number of hydrogen-bond acceptors (Lipinski definition) is 0. The molecular weight excluding hydrogens is 333 g/mol. The molecule has 0 amide bonds. The third-order valence-corrected chi connectivity index (χ3v) is 5.45. The molecular formula is C17H17ClSiZn-. The fraction of sp³-hybridized carbons (Fsp3) is 0.176. The van der Waals surface area contributed by atoms with Crippen molar-refractivity contribution in [3.63, 3.8) is 0 Å². The summed E-state index contributed by atoms with van der Waals surface area (Å²) in [6, 6.07) is 20.8. The van der Waals surface area contributed by atoms with Crippen molar-refractivity contribution in [3.8, 4) is 0 Å². The average molecular weight is 350 g/mol. The van der Waals surface area contributed by atoms with Gasteiger partial charge >= 0.3 is 0 Å². The molecule has 20 heavy (non-hydrogen) atoms. The van der Waals surface area contributed by atoms with Crippen LogP contribution in [0.2, 0.25) is 19.6 Å². The Labute approximate surface area is 140 Å². The van der Waals surface area contributed by atoms with Crippen LogP contribution >= 0.6 is 0 Å². The van der Waals surface area contributed by atoms with Gasteiger partial charge in [-0.15, -0.1) is 0 Å². The van der Waals surface area contributed by atoms with Gasteiger partial charge in [-0.25, -0.2) is 0 Å². The molecule has 0 N–H and O–H groups in total. The average Bonchev–Trinajstić information content (AvgIpc) is 2.34. The number of hydrogen-bond donors (Lipinski definition) is 0. The van der Waals surface area contributed by atoms with Gasteiger partial charge < -0.3 is 12.4 Å². The molecule has 0 bridgehead atoms. The minimum Gasteiger partial charge on any atom is -1.00 e. The Kier molecular flexibility index (Phi) is 5.54. The summed E-state index contributed by atoms with van der Waals surface area (Å²) in [6.07, 6.45) is 0. The van der Waals surface area contributed by atoms with Crippen LogP contribution in [0.5, 0.6) is 0 Å². The summed E-state index contributed by atoms with van der Waals surface area (Å²) in [4.78, 5) is 0. The van der Waals surface area contributed by atoms with E-state index in [0.29, 0.717) is 0 Å². The van der Waals surface area contributed by atoms with Gasteiger partial charge in [-0.3, -0.25) is 0 Å². The summed E-state index contributed by atoms with van der Waals surface area (Å²) in [7, 11) is -1.38. The molecule has 1 radical (unpaired) electrons. The molecule has 0 saturated heterocycles. The van der Waals surface area contributed by atoms with E-state index in [0.717, 1.165) is 0 Å². The van der Waals surface area contributed by atoms with Crippen LogP contribution < -0.4 is 17.6 Å². The molecule has 3 rings (SSSR count). The Bertz CT molecular complexity index is 678.